The van der Waals surface area contributed by atoms with Gasteiger partial charge in [-0.1, -0.05) is 43.5 Å². The quantitative estimate of drug-likeness (QED) is 0.122. The number of halogens is 1. The van der Waals surface area contributed by atoms with Crippen molar-refractivity contribution in [3.8, 4) is 0 Å². The second-order valence-corrected chi connectivity index (χ2v) is 10.3. The van der Waals surface area contributed by atoms with Crippen molar-refractivity contribution < 1.29 is 22.9 Å². The first-order valence-corrected chi connectivity index (χ1v) is 13.5. The third-order valence-electron chi connectivity index (χ3n) is 5.67. The molecule has 2 aromatic carbocycles. The summed E-state index contributed by atoms with van der Waals surface area (Å²) in [7, 11) is -4.40. The van der Waals surface area contributed by atoms with Crippen molar-refractivity contribution >= 4 is 61.3 Å². The number of aryl methyl sites for hydroxylation is 1. The molecule has 37 heavy (non-hydrogen) atoms. The number of nitro benzene ring substituents is 1. The summed E-state index contributed by atoms with van der Waals surface area (Å²) in [6.45, 7) is 4.06. The Morgan fingerprint density at radius 3 is 2.49 bits per heavy atom. The number of ether oxygens (including phenoxy) is 1. The topological polar surface area (TPSA) is 146 Å². The van der Waals surface area contributed by atoms with Crippen molar-refractivity contribution in [3.63, 3.8) is 0 Å². The Hall–Kier alpha value is -3.77. The van der Waals surface area contributed by atoms with Gasteiger partial charge in [-0.3, -0.25) is 14.8 Å². The molecule has 0 spiro atoms. The number of rotatable bonds is 10. The van der Waals surface area contributed by atoms with Crippen LogP contribution in [-0.2, 0) is 21.3 Å². The van der Waals surface area contributed by atoms with Gasteiger partial charge in [-0.15, -0.1) is 0 Å². The van der Waals surface area contributed by atoms with Crippen LogP contribution in [0, 0.1) is 10.1 Å². The molecular formula is C24H24ClN5O6S. The summed E-state index contributed by atoms with van der Waals surface area (Å²) in [6.07, 6.45) is 2.44. The van der Waals surface area contributed by atoms with Gasteiger partial charge in [-0.2, -0.15) is 0 Å². The normalized spacial score (nSPS) is 11.6. The van der Waals surface area contributed by atoms with Crippen LogP contribution in [0.4, 0.5) is 11.5 Å². The van der Waals surface area contributed by atoms with Gasteiger partial charge in [-0.25, -0.2) is 23.2 Å². The minimum absolute atomic E-state index is 0.0535. The highest BCUT2D eigenvalue weighted by Gasteiger charge is 2.30. The number of esters is 1. The highest BCUT2D eigenvalue weighted by molar-refractivity contribution is 7.92. The fourth-order valence-corrected chi connectivity index (χ4v) is 5.21. The van der Waals surface area contributed by atoms with Crippen LogP contribution in [0.1, 0.15) is 43.5 Å². The zero-order valence-corrected chi connectivity index (χ0v) is 21.7. The third-order valence-corrected chi connectivity index (χ3v) is 7.33. The standard InChI is InChI=1S/C24H24ClN5O6S/c1-3-5-8-13-29-22(28-37(34,35)15-11-12-16(25)19(14-15)30(32)33)20(24(31)36-4-2)21-23(29)27-18-10-7-6-9-17(18)26-21/h6-7,9-12,14,28H,3-5,8,13H2,1-2H3. The molecule has 13 heteroatoms. The Balaban J connectivity index is 1.96. The molecule has 0 saturated carbocycles. The predicted octanol–water partition coefficient (Wildman–Crippen LogP) is 5.31. The largest absolute Gasteiger partial charge is 0.462 e. The number of hydrogen-bond donors (Lipinski definition) is 1. The second kappa shape index (κ2) is 10.7. The minimum Gasteiger partial charge on any atom is -0.462 e. The van der Waals surface area contributed by atoms with Gasteiger partial charge >= 0.3 is 5.97 Å². The molecule has 0 atom stereocenters. The molecule has 194 valence electrons. The number of nitro groups is 1. The molecule has 4 aromatic rings. The van der Waals surface area contributed by atoms with E-state index >= 15 is 0 Å². The van der Waals surface area contributed by atoms with Gasteiger partial charge in [0.2, 0.25) is 0 Å². The van der Waals surface area contributed by atoms with Crippen LogP contribution in [-0.4, -0.2) is 40.5 Å². The van der Waals surface area contributed by atoms with Gasteiger partial charge in [0.05, 0.1) is 27.5 Å². The lowest BCUT2D eigenvalue weighted by molar-refractivity contribution is -0.384. The maximum atomic E-state index is 13.4. The summed E-state index contributed by atoms with van der Waals surface area (Å²) in [5.74, 6) is -0.844. The molecule has 0 saturated heterocycles. The molecule has 0 unspecified atom stereocenters. The van der Waals surface area contributed by atoms with E-state index in [1.165, 1.54) is 0 Å². The highest BCUT2D eigenvalue weighted by atomic mass is 35.5. The highest BCUT2D eigenvalue weighted by Crippen LogP contribution is 2.34. The maximum Gasteiger partial charge on any atom is 0.344 e. The van der Waals surface area contributed by atoms with Gasteiger partial charge in [0, 0.05) is 12.6 Å². The average molecular weight is 546 g/mol. The molecule has 0 fully saturated rings. The number of hydrogen-bond acceptors (Lipinski definition) is 8. The van der Waals surface area contributed by atoms with E-state index in [-0.39, 0.29) is 28.5 Å². The SMILES string of the molecule is CCCCCn1c(NS(=O)(=O)c2ccc(Cl)c([N+](=O)[O-])c2)c(C(=O)OCC)c2nc3ccccc3nc21. The Morgan fingerprint density at radius 2 is 1.84 bits per heavy atom. The van der Waals surface area contributed by atoms with E-state index in [0.29, 0.717) is 29.6 Å². The van der Waals surface area contributed by atoms with Crippen molar-refractivity contribution in [1.82, 2.24) is 14.5 Å². The predicted molar refractivity (Wildman–Crippen MR) is 139 cm³/mol. The first kappa shape index (κ1) is 26.3. The van der Waals surface area contributed by atoms with Gasteiger partial charge in [0.1, 0.15) is 21.9 Å². The molecule has 11 nitrogen and oxygen atoms in total. The Morgan fingerprint density at radius 1 is 1.14 bits per heavy atom. The van der Waals surface area contributed by atoms with Crippen LogP contribution in [0.2, 0.25) is 5.02 Å². The van der Waals surface area contributed by atoms with E-state index in [1.54, 1.807) is 35.8 Å². The lowest BCUT2D eigenvalue weighted by atomic mass is 10.2. The number of sulfonamides is 1. The monoisotopic (exact) mass is 545 g/mol. The van der Waals surface area contributed by atoms with Crippen LogP contribution >= 0.6 is 11.6 Å². The number of benzene rings is 2. The van der Waals surface area contributed by atoms with Crippen molar-refractivity contribution in [2.75, 3.05) is 11.3 Å². The average Bonchev–Trinajstić information content (AvgIpc) is 3.14. The van der Waals surface area contributed by atoms with Crippen molar-refractivity contribution in [2.24, 2.45) is 0 Å². The zero-order chi connectivity index (χ0) is 26.7. The summed E-state index contributed by atoms with van der Waals surface area (Å²) >= 11 is 5.87. The molecule has 0 radical (unpaired) electrons. The number of carbonyl (C=O) groups excluding carboxylic acids is 1. The number of anilines is 1. The molecule has 0 bridgehead atoms. The molecule has 4 rings (SSSR count). The van der Waals surface area contributed by atoms with Crippen molar-refractivity contribution in [2.45, 2.75) is 44.6 Å². The van der Waals surface area contributed by atoms with E-state index in [9.17, 15) is 23.3 Å². The Bertz CT molecular complexity index is 1620. The Labute approximate surface area is 217 Å². The molecule has 0 aliphatic rings. The number of unbranched alkanes of at least 4 members (excludes halogenated alkanes) is 2. The number of para-hydroxylation sites is 2. The number of carbonyl (C=O) groups is 1. The molecular weight excluding hydrogens is 522 g/mol. The second-order valence-electron chi connectivity index (χ2n) is 8.16. The molecule has 0 aliphatic carbocycles. The van der Waals surface area contributed by atoms with Gasteiger partial charge in [0.15, 0.2) is 5.65 Å². The van der Waals surface area contributed by atoms with Gasteiger partial charge in [-0.05, 0) is 37.6 Å². The molecule has 2 heterocycles. The van der Waals surface area contributed by atoms with Crippen LogP contribution in [0.3, 0.4) is 0 Å². The van der Waals surface area contributed by atoms with Crippen LogP contribution in [0.25, 0.3) is 22.2 Å². The molecule has 1 N–H and O–H groups in total. The third kappa shape index (κ3) is 5.20. The lowest BCUT2D eigenvalue weighted by Crippen LogP contribution is -2.19. The number of nitrogens with zero attached hydrogens (tertiary/aromatic N) is 4. The lowest BCUT2D eigenvalue weighted by Gasteiger charge is -2.14. The van der Waals surface area contributed by atoms with Crippen molar-refractivity contribution in [1.29, 1.82) is 0 Å². The molecule has 2 aromatic heterocycles. The minimum atomic E-state index is -4.40. The zero-order valence-electron chi connectivity index (χ0n) is 20.1. The van der Waals surface area contributed by atoms with Crippen molar-refractivity contribution in [3.05, 3.63) is 63.2 Å². The van der Waals surface area contributed by atoms with E-state index in [2.05, 4.69) is 14.7 Å². The van der Waals surface area contributed by atoms with E-state index < -0.39 is 31.5 Å². The number of nitrogens with one attached hydrogen (secondary N) is 1. The van der Waals surface area contributed by atoms with E-state index in [0.717, 1.165) is 31.0 Å². The van der Waals surface area contributed by atoms with Crippen LogP contribution in [0.5, 0.6) is 0 Å². The summed E-state index contributed by atoms with van der Waals surface area (Å²) in [5.41, 5.74) is 0.953. The summed E-state index contributed by atoms with van der Waals surface area (Å²) in [5, 5.41) is 11.1. The van der Waals surface area contributed by atoms with Crippen LogP contribution < -0.4 is 4.72 Å². The molecule has 0 aliphatic heterocycles. The Kier molecular flexibility index (Phi) is 7.60. The summed E-state index contributed by atoms with van der Waals surface area (Å²) in [6, 6.07) is 10.2. The fraction of sp³-hybridized carbons (Fsp3) is 0.292. The van der Waals surface area contributed by atoms with Gasteiger partial charge in [0.25, 0.3) is 15.7 Å². The number of aromatic nitrogens is 3. The summed E-state index contributed by atoms with van der Waals surface area (Å²) in [4.78, 5) is 32.6. The summed E-state index contributed by atoms with van der Waals surface area (Å²) < 4.78 is 36.2. The molecule has 0 amide bonds. The smallest absolute Gasteiger partial charge is 0.344 e. The first-order chi connectivity index (χ1) is 17.7. The van der Waals surface area contributed by atoms with Crippen LogP contribution in [0.15, 0.2) is 47.4 Å². The fourth-order valence-electron chi connectivity index (χ4n) is 3.93. The van der Waals surface area contributed by atoms with E-state index in [4.69, 9.17) is 16.3 Å². The van der Waals surface area contributed by atoms with E-state index in [1.807, 2.05) is 6.92 Å². The van der Waals surface area contributed by atoms with Gasteiger partial charge < -0.3 is 9.30 Å². The first-order valence-electron chi connectivity index (χ1n) is 11.6. The number of fused-ring (bicyclic) bond motifs is 2. The maximum absolute atomic E-state index is 13.4.